The summed E-state index contributed by atoms with van der Waals surface area (Å²) in [4.78, 5) is 14.7. The molecule has 0 fully saturated rings. The van der Waals surface area contributed by atoms with E-state index in [-0.39, 0.29) is 30.0 Å². The van der Waals surface area contributed by atoms with E-state index in [4.69, 9.17) is 9.47 Å². The highest BCUT2D eigenvalue weighted by molar-refractivity contribution is 5.74. The molecule has 6 nitrogen and oxygen atoms in total. The van der Waals surface area contributed by atoms with Gasteiger partial charge in [0.25, 0.3) is 0 Å². The maximum atomic E-state index is 13.8. The lowest BCUT2D eigenvalue weighted by Gasteiger charge is -2.41. The highest BCUT2D eigenvalue weighted by Gasteiger charge is 2.34. The zero-order valence-electron chi connectivity index (χ0n) is 18.9. The Balaban J connectivity index is 1.96. The molecule has 1 heterocycles. The lowest BCUT2D eigenvalue weighted by Crippen LogP contribution is -2.50. The normalized spacial score (nSPS) is 17.1. The number of hydrogen-bond acceptors (Lipinski definition) is 4. The summed E-state index contributed by atoms with van der Waals surface area (Å²) in [6, 6.07) is 10.2. The van der Waals surface area contributed by atoms with Gasteiger partial charge in [0.15, 0.2) is 11.5 Å². The number of halogens is 1. The Kier molecular flexibility index (Phi) is 7.38. The molecule has 3 rings (SSSR count). The minimum atomic E-state index is -0.250. The maximum absolute atomic E-state index is 13.8. The third-order valence-corrected chi connectivity index (χ3v) is 5.55. The first kappa shape index (κ1) is 22.9. The van der Waals surface area contributed by atoms with E-state index in [9.17, 15) is 9.18 Å². The largest absolute Gasteiger partial charge is 0.493 e. The maximum Gasteiger partial charge on any atom is 0.315 e. The van der Waals surface area contributed by atoms with Gasteiger partial charge in [-0.1, -0.05) is 12.1 Å². The zero-order chi connectivity index (χ0) is 22.5. The molecule has 2 aromatic rings. The van der Waals surface area contributed by atoms with Crippen LogP contribution in [-0.4, -0.2) is 43.8 Å². The minimum absolute atomic E-state index is 0.0404. The molecule has 7 heteroatoms. The highest BCUT2D eigenvalue weighted by Crippen LogP contribution is 2.40. The van der Waals surface area contributed by atoms with Crippen LogP contribution in [0.15, 0.2) is 36.4 Å². The molecule has 1 aliphatic heterocycles. The fourth-order valence-corrected chi connectivity index (χ4v) is 4.25. The van der Waals surface area contributed by atoms with Crippen LogP contribution in [0.25, 0.3) is 0 Å². The van der Waals surface area contributed by atoms with Crippen LogP contribution in [0.4, 0.5) is 9.18 Å². The molecule has 0 saturated heterocycles. The molecule has 0 spiro atoms. The molecule has 31 heavy (non-hydrogen) atoms. The molecule has 2 aromatic carbocycles. The first-order valence-corrected chi connectivity index (χ1v) is 10.6. The topological polar surface area (TPSA) is 62.8 Å². The van der Waals surface area contributed by atoms with Crippen LogP contribution >= 0.6 is 0 Å². The van der Waals surface area contributed by atoms with Crippen LogP contribution < -0.4 is 20.1 Å². The molecule has 1 aliphatic rings. The van der Waals surface area contributed by atoms with Crippen molar-refractivity contribution >= 4 is 6.03 Å². The zero-order valence-corrected chi connectivity index (χ0v) is 18.9. The van der Waals surface area contributed by atoms with E-state index in [0.717, 1.165) is 29.7 Å². The summed E-state index contributed by atoms with van der Waals surface area (Å²) >= 11 is 0. The van der Waals surface area contributed by atoms with Gasteiger partial charge >= 0.3 is 6.03 Å². The minimum Gasteiger partial charge on any atom is -0.493 e. The monoisotopic (exact) mass is 429 g/mol. The number of ether oxygens (including phenoxy) is 2. The molecule has 0 unspecified atom stereocenters. The van der Waals surface area contributed by atoms with E-state index in [1.807, 2.05) is 39.0 Å². The Hall–Kier alpha value is -2.80. The van der Waals surface area contributed by atoms with Crippen molar-refractivity contribution in [2.75, 3.05) is 20.8 Å². The van der Waals surface area contributed by atoms with E-state index in [0.29, 0.717) is 18.0 Å². The van der Waals surface area contributed by atoms with Gasteiger partial charge in [-0.3, -0.25) is 4.90 Å². The second kappa shape index (κ2) is 10.0. The van der Waals surface area contributed by atoms with Crippen LogP contribution in [0.5, 0.6) is 11.5 Å². The Labute approximate surface area is 183 Å². The summed E-state index contributed by atoms with van der Waals surface area (Å²) in [5.74, 6) is 1.09. The second-order valence-corrected chi connectivity index (χ2v) is 8.26. The number of amides is 2. The van der Waals surface area contributed by atoms with Gasteiger partial charge in [-0.15, -0.1) is 0 Å². The number of carbonyl (C=O) groups excluding carboxylic acids is 1. The van der Waals surface area contributed by atoms with Crippen molar-refractivity contribution in [1.29, 1.82) is 0 Å². The summed E-state index contributed by atoms with van der Waals surface area (Å²) in [6.07, 6.45) is 0.826. The molecule has 2 atom stereocenters. The van der Waals surface area contributed by atoms with Gasteiger partial charge < -0.3 is 20.1 Å². The fraction of sp³-hybridized carbons (Fsp3) is 0.458. The van der Waals surface area contributed by atoms with E-state index in [2.05, 4.69) is 15.5 Å². The van der Waals surface area contributed by atoms with Gasteiger partial charge in [0.05, 0.1) is 20.3 Å². The predicted molar refractivity (Wildman–Crippen MR) is 119 cm³/mol. The molecule has 2 amide bonds. The summed E-state index contributed by atoms with van der Waals surface area (Å²) in [7, 11) is 3.24. The lowest BCUT2D eigenvalue weighted by molar-refractivity contribution is 0.143. The van der Waals surface area contributed by atoms with E-state index >= 15 is 0 Å². The number of fused-ring (bicyclic) bond motifs is 1. The number of urea groups is 1. The molecular weight excluding hydrogens is 397 g/mol. The number of nitrogens with zero attached hydrogens (tertiary/aromatic N) is 1. The van der Waals surface area contributed by atoms with Crippen LogP contribution in [-0.2, 0) is 13.0 Å². The SMILES string of the molecule is COc1cc2c(cc1OC)[C@H]([C@H](C)NC(=O)NC(C)C)N(Cc1cccc(F)c1)CC2. The standard InChI is InChI=1S/C24H32FN3O3/c1-15(2)26-24(29)27-16(3)23-20-13-22(31-5)21(30-4)12-18(20)9-10-28(23)14-17-7-6-8-19(25)11-17/h6-8,11-13,15-16,23H,9-10,14H2,1-5H3,(H2,26,27,29)/t16-,23-/m0/s1. The lowest BCUT2D eigenvalue weighted by atomic mass is 9.87. The van der Waals surface area contributed by atoms with Gasteiger partial charge in [0.1, 0.15) is 5.82 Å². The highest BCUT2D eigenvalue weighted by atomic mass is 19.1. The summed E-state index contributed by atoms with van der Waals surface area (Å²) in [6.45, 7) is 7.20. The predicted octanol–water partition coefficient (Wildman–Crippen LogP) is 4.04. The summed E-state index contributed by atoms with van der Waals surface area (Å²) < 4.78 is 24.8. The Bertz CT molecular complexity index is 919. The van der Waals surface area contributed by atoms with Crippen molar-refractivity contribution in [3.05, 3.63) is 58.9 Å². The Morgan fingerprint density at radius 2 is 1.84 bits per heavy atom. The molecule has 0 saturated carbocycles. The number of carbonyl (C=O) groups is 1. The Morgan fingerprint density at radius 1 is 1.13 bits per heavy atom. The van der Waals surface area contributed by atoms with E-state index in [1.165, 1.54) is 6.07 Å². The van der Waals surface area contributed by atoms with Gasteiger partial charge in [-0.05, 0) is 68.1 Å². The fourth-order valence-electron chi connectivity index (χ4n) is 4.25. The number of benzene rings is 2. The van der Waals surface area contributed by atoms with Crippen LogP contribution in [0.3, 0.4) is 0 Å². The summed E-state index contributed by atoms with van der Waals surface area (Å²) in [5, 5.41) is 5.96. The average molecular weight is 430 g/mol. The quantitative estimate of drug-likeness (QED) is 0.697. The van der Waals surface area contributed by atoms with Crippen molar-refractivity contribution in [1.82, 2.24) is 15.5 Å². The van der Waals surface area contributed by atoms with Crippen LogP contribution in [0.1, 0.15) is 43.5 Å². The first-order chi connectivity index (χ1) is 14.8. The third-order valence-electron chi connectivity index (χ3n) is 5.55. The van der Waals surface area contributed by atoms with E-state index in [1.54, 1.807) is 26.4 Å². The van der Waals surface area contributed by atoms with Crippen molar-refractivity contribution < 1.29 is 18.7 Å². The van der Waals surface area contributed by atoms with Crippen LogP contribution in [0.2, 0.25) is 0 Å². The van der Waals surface area contributed by atoms with E-state index < -0.39 is 0 Å². The number of nitrogens with one attached hydrogen (secondary N) is 2. The molecular formula is C24H32FN3O3. The number of methoxy groups -OCH3 is 2. The van der Waals surface area contributed by atoms with Crippen molar-refractivity contribution in [2.45, 2.75) is 51.9 Å². The van der Waals surface area contributed by atoms with Gasteiger partial charge in [-0.25, -0.2) is 9.18 Å². The van der Waals surface area contributed by atoms with Crippen molar-refractivity contribution in [3.63, 3.8) is 0 Å². The van der Waals surface area contributed by atoms with Gasteiger partial charge in [-0.2, -0.15) is 0 Å². The second-order valence-electron chi connectivity index (χ2n) is 8.26. The smallest absolute Gasteiger partial charge is 0.315 e. The molecule has 0 aromatic heterocycles. The van der Waals surface area contributed by atoms with Gasteiger partial charge in [0.2, 0.25) is 0 Å². The molecule has 168 valence electrons. The molecule has 2 N–H and O–H groups in total. The molecule has 0 radical (unpaired) electrons. The number of hydrogen-bond donors (Lipinski definition) is 2. The van der Waals surface area contributed by atoms with Crippen LogP contribution in [0, 0.1) is 5.82 Å². The molecule has 0 aliphatic carbocycles. The summed E-state index contributed by atoms with van der Waals surface area (Å²) in [5.41, 5.74) is 3.14. The average Bonchev–Trinajstić information content (AvgIpc) is 2.71. The van der Waals surface area contributed by atoms with Crippen molar-refractivity contribution in [3.8, 4) is 11.5 Å². The number of rotatable bonds is 7. The first-order valence-electron chi connectivity index (χ1n) is 10.6. The van der Waals surface area contributed by atoms with Gasteiger partial charge in [0, 0.05) is 25.2 Å². The Morgan fingerprint density at radius 3 is 2.48 bits per heavy atom. The third kappa shape index (κ3) is 5.47. The molecule has 0 bridgehead atoms. The van der Waals surface area contributed by atoms with Crippen molar-refractivity contribution in [2.24, 2.45) is 0 Å².